The number of nitrogens with zero attached hydrogens (tertiary/aromatic N) is 3. The van der Waals surface area contributed by atoms with Crippen molar-refractivity contribution in [2.45, 2.75) is 0 Å². The first-order valence-corrected chi connectivity index (χ1v) is 24.6. The van der Waals surface area contributed by atoms with Crippen molar-refractivity contribution < 1.29 is 4.42 Å². The second kappa shape index (κ2) is 17.1. The van der Waals surface area contributed by atoms with Gasteiger partial charge in [0.05, 0.1) is 28.1 Å². The molecule has 0 unspecified atom stereocenters. The summed E-state index contributed by atoms with van der Waals surface area (Å²) in [5.41, 5.74) is 16.4. The van der Waals surface area contributed by atoms with E-state index in [-0.39, 0.29) is 0 Å². The van der Waals surface area contributed by atoms with Crippen LogP contribution in [-0.2, 0) is 0 Å². The average molecular weight is 920 g/mol. The summed E-state index contributed by atoms with van der Waals surface area (Å²) in [6, 6.07) is 98.3. The Balaban J connectivity index is 0.806. The van der Waals surface area contributed by atoms with Gasteiger partial charge in [-0.25, -0.2) is 0 Å². The molecule has 0 aliphatic carbocycles. The lowest BCUT2D eigenvalue weighted by Crippen LogP contribution is -2.10. The molecular formula is C68H45N3O. The number of aromatic nitrogens is 1. The molecule has 0 aliphatic heterocycles. The molecule has 12 aromatic carbocycles. The Morgan fingerprint density at radius 1 is 0.278 bits per heavy atom. The Labute approximate surface area is 417 Å². The van der Waals surface area contributed by atoms with Gasteiger partial charge in [-0.3, -0.25) is 0 Å². The third-order valence-corrected chi connectivity index (χ3v) is 14.4. The van der Waals surface area contributed by atoms with Gasteiger partial charge in [-0.2, -0.15) is 0 Å². The van der Waals surface area contributed by atoms with E-state index in [1.807, 2.05) is 12.1 Å². The number of furan rings is 1. The summed E-state index contributed by atoms with van der Waals surface area (Å²) >= 11 is 0. The van der Waals surface area contributed by atoms with Crippen LogP contribution in [0.15, 0.2) is 277 Å². The number of anilines is 6. The molecule has 4 nitrogen and oxygen atoms in total. The van der Waals surface area contributed by atoms with E-state index in [1.54, 1.807) is 0 Å². The first-order valence-electron chi connectivity index (χ1n) is 24.6. The Morgan fingerprint density at radius 2 is 0.722 bits per heavy atom. The maximum atomic E-state index is 6.63. The second-order valence-electron chi connectivity index (χ2n) is 18.5. The molecule has 0 bridgehead atoms. The standard InChI is InChI=1S/C68H45N3O/c1-2-19-52(20-3-1)70-64-26-10-8-23-58(64)61-45-55(43-44-65(61)70)69(62-27-12-17-50-15-4-6-21-56(50)62)53-39-35-48(36-40-53)46-31-33-47(34-32-46)49-37-41-54(42-38-49)71(63-28-13-18-51-16-5-7-22-57(51)63)66-29-14-25-60-59-24-9-11-30-67(59)72-68(60)66/h1-45H. The molecule has 2 aromatic heterocycles. The molecule has 14 aromatic rings. The van der Waals surface area contributed by atoms with Gasteiger partial charge in [-0.05, 0) is 118 Å². The van der Waals surface area contributed by atoms with Gasteiger partial charge < -0.3 is 18.8 Å². The molecular weight excluding hydrogens is 875 g/mol. The molecule has 0 N–H and O–H groups in total. The lowest BCUT2D eigenvalue weighted by molar-refractivity contribution is 0.669. The summed E-state index contributed by atoms with van der Waals surface area (Å²) in [4.78, 5) is 4.75. The zero-order chi connectivity index (χ0) is 47.5. The Morgan fingerprint density at radius 3 is 1.38 bits per heavy atom. The maximum Gasteiger partial charge on any atom is 0.159 e. The minimum atomic E-state index is 0.866. The van der Waals surface area contributed by atoms with Crippen molar-refractivity contribution in [2.24, 2.45) is 0 Å². The molecule has 0 atom stereocenters. The first-order chi connectivity index (χ1) is 35.7. The van der Waals surface area contributed by atoms with Crippen LogP contribution in [-0.4, -0.2) is 4.57 Å². The highest BCUT2D eigenvalue weighted by molar-refractivity contribution is 6.13. The third kappa shape index (κ3) is 6.92. The summed E-state index contributed by atoms with van der Waals surface area (Å²) in [7, 11) is 0. The van der Waals surface area contributed by atoms with E-state index in [9.17, 15) is 0 Å². The van der Waals surface area contributed by atoms with E-state index < -0.39 is 0 Å². The summed E-state index contributed by atoms with van der Waals surface area (Å²) in [5, 5.41) is 9.42. The minimum absolute atomic E-state index is 0.866. The van der Waals surface area contributed by atoms with Gasteiger partial charge in [0.1, 0.15) is 5.58 Å². The normalized spacial score (nSPS) is 11.6. The molecule has 0 aliphatic rings. The van der Waals surface area contributed by atoms with Gasteiger partial charge in [0.25, 0.3) is 0 Å². The molecule has 338 valence electrons. The third-order valence-electron chi connectivity index (χ3n) is 14.4. The van der Waals surface area contributed by atoms with Crippen LogP contribution in [0.5, 0.6) is 0 Å². The van der Waals surface area contributed by atoms with Crippen molar-refractivity contribution in [3.63, 3.8) is 0 Å². The number of hydrogen-bond donors (Lipinski definition) is 0. The summed E-state index contributed by atoms with van der Waals surface area (Å²) < 4.78 is 9.00. The molecule has 0 spiro atoms. The first kappa shape index (κ1) is 41.3. The molecule has 0 radical (unpaired) electrons. The number of para-hydroxylation sites is 4. The zero-order valence-electron chi connectivity index (χ0n) is 39.2. The highest BCUT2D eigenvalue weighted by atomic mass is 16.3. The van der Waals surface area contributed by atoms with E-state index in [0.29, 0.717) is 0 Å². The van der Waals surface area contributed by atoms with Gasteiger partial charge in [0, 0.05) is 55.1 Å². The molecule has 0 fully saturated rings. The fraction of sp³-hybridized carbons (Fsp3) is 0. The SMILES string of the molecule is c1ccc(-n2c3ccccc3c3cc(N(c4ccc(-c5ccc(-c6ccc(N(c7cccc8ccccc78)c7cccc8c7oc7ccccc78)cc6)cc5)cc4)c4cccc5ccccc45)ccc32)cc1. The fourth-order valence-electron chi connectivity index (χ4n) is 11.0. The van der Waals surface area contributed by atoms with Gasteiger partial charge in [0.15, 0.2) is 5.58 Å². The molecule has 4 heteroatoms. The van der Waals surface area contributed by atoms with Crippen LogP contribution in [0, 0.1) is 0 Å². The summed E-state index contributed by atoms with van der Waals surface area (Å²) in [5.74, 6) is 0. The lowest BCUT2D eigenvalue weighted by Gasteiger charge is -2.27. The number of hydrogen-bond acceptors (Lipinski definition) is 3. The second-order valence-corrected chi connectivity index (χ2v) is 18.5. The van der Waals surface area contributed by atoms with Crippen molar-refractivity contribution in [2.75, 3.05) is 9.80 Å². The topological polar surface area (TPSA) is 24.6 Å². The van der Waals surface area contributed by atoms with Crippen LogP contribution in [0.2, 0.25) is 0 Å². The summed E-state index contributed by atoms with van der Waals surface area (Å²) in [6.07, 6.45) is 0. The van der Waals surface area contributed by atoms with E-state index >= 15 is 0 Å². The van der Waals surface area contributed by atoms with Gasteiger partial charge in [0.2, 0.25) is 0 Å². The summed E-state index contributed by atoms with van der Waals surface area (Å²) in [6.45, 7) is 0. The van der Waals surface area contributed by atoms with Crippen LogP contribution in [0.3, 0.4) is 0 Å². The van der Waals surface area contributed by atoms with Crippen molar-refractivity contribution in [3.8, 4) is 27.9 Å². The van der Waals surface area contributed by atoms with Crippen molar-refractivity contribution >= 4 is 99.4 Å². The molecule has 14 rings (SSSR count). The molecule has 0 amide bonds. The van der Waals surface area contributed by atoms with E-state index in [4.69, 9.17) is 4.42 Å². The quantitative estimate of drug-likeness (QED) is 0.144. The van der Waals surface area contributed by atoms with E-state index in [2.05, 4.69) is 275 Å². The minimum Gasteiger partial charge on any atom is -0.454 e. The van der Waals surface area contributed by atoms with Crippen LogP contribution in [0.4, 0.5) is 34.1 Å². The van der Waals surface area contributed by atoms with Crippen molar-refractivity contribution in [1.29, 1.82) is 0 Å². The van der Waals surface area contributed by atoms with Crippen LogP contribution < -0.4 is 9.80 Å². The molecule has 0 saturated carbocycles. The Bertz CT molecular complexity index is 4310. The smallest absolute Gasteiger partial charge is 0.159 e. The van der Waals surface area contributed by atoms with Crippen LogP contribution in [0.1, 0.15) is 0 Å². The van der Waals surface area contributed by atoms with Crippen LogP contribution >= 0.6 is 0 Å². The zero-order valence-corrected chi connectivity index (χ0v) is 39.2. The monoisotopic (exact) mass is 919 g/mol. The number of benzene rings is 12. The highest BCUT2D eigenvalue weighted by Crippen LogP contribution is 2.46. The largest absolute Gasteiger partial charge is 0.454 e. The lowest BCUT2D eigenvalue weighted by atomic mass is 9.99. The number of fused-ring (bicyclic) bond motifs is 8. The van der Waals surface area contributed by atoms with E-state index in [1.165, 1.54) is 43.4 Å². The van der Waals surface area contributed by atoms with Gasteiger partial charge in [-0.1, -0.05) is 188 Å². The van der Waals surface area contributed by atoms with Crippen molar-refractivity contribution in [1.82, 2.24) is 4.57 Å². The van der Waals surface area contributed by atoms with Gasteiger partial charge >= 0.3 is 0 Å². The Hall–Kier alpha value is -9.64. The maximum absolute atomic E-state index is 6.63. The van der Waals surface area contributed by atoms with Gasteiger partial charge in [-0.15, -0.1) is 0 Å². The predicted octanol–water partition coefficient (Wildman–Crippen LogP) is 19.3. The predicted molar refractivity (Wildman–Crippen MR) is 303 cm³/mol. The Kier molecular flexibility index (Phi) is 9.82. The fourth-order valence-corrected chi connectivity index (χ4v) is 11.0. The molecule has 2 heterocycles. The number of rotatable bonds is 9. The van der Waals surface area contributed by atoms with E-state index in [0.717, 1.165) is 84.0 Å². The van der Waals surface area contributed by atoms with Crippen LogP contribution in [0.25, 0.3) is 93.2 Å². The molecule has 0 saturated heterocycles. The van der Waals surface area contributed by atoms with Crippen molar-refractivity contribution in [3.05, 3.63) is 273 Å². The average Bonchev–Trinajstić information content (AvgIpc) is 4.00. The highest BCUT2D eigenvalue weighted by Gasteiger charge is 2.22. The molecule has 72 heavy (non-hydrogen) atoms.